The summed E-state index contributed by atoms with van der Waals surface area (Å²) < 4.78 is 0. The number of benzene rings is 1. The quantitative estimate of drug-likeness (QED) is 0.652. The number of likely N-dealkylation sites (N-methyl/N-ethyl adjacent to an activating group) is 1. The number of hydrogen-bond donors (Lipinski definition) is 3. The van der Waals surface area contributed by atoms with Crippen molar-refractivity contribution in [3.05, 3.63) is 34.2 Å². The topological polar surface area (TPSA) is 77.8 Å². The Morgan fingerprint density at radius 3 is 2.93 bits per heavy atom. The fourth-order valence-corrected chi connectivity index (χ4v) is 1.53. The largest absolute Gasteiger partial charge is 0.359 e. The maximum Gasteiger partial charge on any atom is 0.323 e. The Morgan fingerprint density at radius 1 is 1.40 bits per heavy atom. The van der Waals surface area contributed by atoms with Crippen molar-refractivity contribution in [2.75, 3.05) is 7.05 Å². The van der Waals surface area contributed by atoms with Crippen LogP contribution in [0.15, 0.2) is 23.0 Å². The molecule has 0 saturated heterocycles. The molecule has 1 aromatic carbocycles. The molecule has 2 aromatic rings. The van der Waals surface area contributed by atoms with Gasteiger partial charge in [0.15, 0.2) is 0 Å². The van der Waals surface area contributed by atoms with Crippen LogP contribution in [0.3, 0.4) is 0 Å². The molecule has 0 unspecified atom stereocenters. The molecule has 15 heavy (non-hydrogen) atoms. The maximum absolute atomic E-state index is 11.2. The van der Waals surface area contributed by atoms with Crippen molar-refractivity contribution in [1.82, 2.24) is 15.3 Å². The highest BCUT2D eigenvalue weighted by atomic mass is 16.1. The van der Waals surface area contributed by atoms with E-state index in [2.05, 4.69) is 15.3 Å². The second-order valence-electron chi connectivity index (χ2n) is 3.27. The summed E-state index contributed by atoms with van der Waals surface area (Å²) in [6.07, 6.45) is 0.266. The number of carbonyl (C=O) groups excluding carboxylic acids is 1. The van der Waals surface area contributed by atoms with Gasteiger partial charge in [0.1, 0.15) is 0 Å². The molecule has 0 atom stereocenters. The van der Waals surface area contributed by atoms with E-state index in [-0.39, 0.29) is 18.0 Å². The number of fused-ring (bicyclic) bond motifs is 1. The SMILES string of the molecule is CNC(=O)Cc1cccc2[nH]c(=O)[nH]c12. The van der Waals surface area contributed by atoms with Crippen molar-refractivity contribution in [2.45, 2.75) is 6.42 Å². The van der Waals surface area contributed by atoms with Gasteiger partial charge in [-0.3, -0.25) is 4.79 Å². The first kappa shape index (κ1) is 9.51. The molecule has 5 nitrogen and oxygen atoms in total. The van der Waals surface area contributed by atoms with Gasteiger partial charge in [-0.25, -0.2) is 4.79 Å². The van der Waals surface area contributed by atoms with Crippen LogP contribution in [0.2, 0.25) is 0 Å². The standard InChI is InChI=1S/C10H11N3O2/c1-11-8(14)5-6-3-2-4-7-9(6)13-10(15)12-7/h2-4H,5H2,1H3,(H,11,14)(H2,12,13,15). The zero-order valence-electron chi connectivity index (χ0n) is 8.26. The molecular formula is C10H11N3O2. The second-order valence-corrected chi connectivity index (χ2v) is 3.27. The van der Waals surface area contributed by atoms with Gasteiger partial charge in [0.25, 0.3) is 0 Å². The van der Waals surface area contributed by atoms with Gasteiger partial charge in [-0.1, -0.05) is 12.1 Å². The highest BCUT2D eigenvalue weighted by molar-refractivity contribution is 5.85. The summed E-state index contributed by atoms with van der Waals surface area (Å²) in [7, 11) is 1.59. The molecule has 0 aliphatic rings. The van der Waals surface area contributed by atoms with Crippen LogP contribution in [0, 0.1) is 0 Å². The monoisotopic (exact) mass is 205 g/mol. The third-order valence-corrected chi connectivity index (χ3v) is 2.27. The molecule has 5 heteroatoms. The number of nitrogens with one attached hydrogen (secondary N) is 3. The molecule has 3 N–H and O–H groups in total. The van der Waals surface area contributed by atoms with Crippen LogP contribution < -0.4 is 11.0 Å². The molecule has 0 fully saturated rings. The van der Waals surface area contributed by atoms with E-state index >= 15 is 0 Å². The lowest BCUT2D eigenvalue weighted by atomic mass is 10.1. The number of hydrogen-bond acceptors (Lipinski definition) is 2. The van der Waals surface area contributed by atoms with Gasteiger partial charge < -0.3 is 15.3 Å². The first-order valence-corrected chi connectivity index (χ1v) is 4.61. The summed E-state index contributed by atoms with van der Waals surface area (Å²) in [6.45, 7) is 0. The van der Waals surface area contributed by atoms with Gasteiger partial charge in [0, 0.05) is 7.05 Å². The fraction of sp³-hybridized carbons (Fsp3) is 0.200. The molecule has 0 spiro atoms. The highest BCUT2D eigenvalue weighted by Gasteiger charge is 2.07. The first-order valence-electron chi connectivity index (χ1n) is 4.61. The predicted octanol–water partition coefficient (Wildman–Crippen LogP) is 0.145. The molecule has 0 radical (unpaired) electrons. The van der Waals surface area contributed by atoms with Gasteiger partial charge in [0.2, 0.25) is 5.91 Å². The van der Waals surface area contributed by atoms with Crippen LogP contribution in [0.5, 0.6) is 0 Å². The minimum Gasteiger partial charge on any atom is -0.359 e. The molecule has 1 amide bonds. The van der Waals surface area contributed by atoms with Gasteiger partial charge in [-0.2, -0.15) is 0 Å². The van der Waals surface area contributed by atoms with Gasteiger partial charge in [-0.15, -0.1) is 0 Å². The van der Waals surface area contributed by atoms with E-state index in [0.29, 0.717) is 5.52 Å². The number of rotatable bonds is 2. The van der Waals surface area contributed by atoms with E-state index in [1.807, 2.05) is 12.1 Å². The lowest BCUT2D eigenvalue weighted by Crippen LogP contribution is -2.20. The van der Waals surface area contributed by atoms with Crippen LogP contribution in [0.1, 0.15) is 5.56 Å². The average Bonchev–Trinajstić information content (AvgIpc) is 2.59. The lowest BCUT2D eigenvalue weighted by molar-refractivity contribution is -0.119. The number of H-pyrrole nitrogens is 2. The lowest BCUT2D eigenvalue weighted by Gasteiger charge is -2.01. The van der Waals surface area contributed by atoms with E-state index < -0.39 is 0 Å². The van der Waals surface area contributed by atoms with Gasteiger partial charge in [0.05, 0.1) is 17.5 Å². The van der Waals surface area contributed by atoms with E-state index in [0.717, 1.165) is 11.1 Å². The minimum atomic E-state index is -0.255. The third kappa shape index (κ3) is 1.76. The van der Waals surface area contributed by atoms with Crippen molar-refractivity contribution in [3.8, 4) is 0 Å². The van der Waals surface area contributed by atoms with Crippen LogP contribution in [0.25, 0.3) is 11.0 Å². The van der Waals surface area contributed by atoms with Crippen LogP contribution >= 0.6 is 0 Å². The molecule has 1 heterocycles. The zero-order chi connectivity index (χ0) is 10.8. The molecule has 0 aliphatic carbocycles. The third-order valence-electron chi connectivity index (χ3n) is 2.27. The van der Waals surface area contributed by atoms with Gasteiger partial charge in [-0.05, 0) is 11.6 Å². The first-order chi connectivity index (χ1) is 7.20. The number of aromatic amines is 2. The average molecular weight is 205 g/mol. The van der Waals surface area contributed by atoms with Crippen molar-refractivity contribution in [1.29, 1.82) is 0 Å². The molecule has 1 aromatic heterocycles. The van der Waals surface area contributed by atoms with E-state index in [4.69, 9.17) is 0 Å². The summed E-state index contributed by atoms with van der Waals surface area (Å²) in [6, 6.07) is 5.42. The van der Waals surface area contributed by atoms with E-state index in [1.54, 1.807) is 13.1 Å². The Balaban J connectivity index is 2.50. The van der Waals surface area contributed by atoms with Crippen LogP contribution in [0.4, 0.5) is 0 Å². The Labute approximate surface area is 85.5 Å². The Hall–Kier alpha value is -2.04. The molecule has 2 rings (SSSR count). The second kappa shape index (κ2) is 3.61. The van der Waals surface area contributed by atoms with Crippen LogP contribution in [-0.2, 0) is 11.2 Å². The maximum atomic E-state index is 11.2. The minimum absolute atomic E-state index is 0.0791. The van der Waals surface area contributed by atoms with Crippen molar-refractivity contribution in [2.24, 2.45) is 0 Å². The summed E-state index contributed by atoms with van der Waals surface area (Å²) in [5, 5.41) is 2.54. The molecule has 0 aliphatic heterocycles. The van der Waals surface area contributed by atoms with Gasteiger partial charge >= 0.3 is 5.69 Å². The Bertz CT molecular complexity index is 553. The number of amides is 1. The Kier molecular flexibility index (Phi) is 2.29. The number of carbonyl (C=O) groups is 1. The highest BCUT2D eigenvalue weighted by Crippen LogP contribution is 2.13. The van der Waals surface area contributed by atoms with Crippen molar-refractivity contribution >= 4 is 16.9 Å². The predicted molar refractivity (Wildman–Crippen MR) is 56.7 cm³/mol. The molecular weight excluding hydrogens is 194 g/mol. The number of imidazole rings is 1. The number of para-hydroxylation sites is 1. The van der Waals surface area contributed by atoms with Crippen LogP contribution in [-0.4, -0.2) is 22.9 Å². The summed E-state index contributed by atoms with van der Waals surface area (Å²) in [5.74, 6) is -0.0791. The van der Waals surface area contributed by atoms with Crippen molar-refractivity contribution < 1.29 is 4.79 Å². The summed E-state index contributed by atoms with van der Waals surface area (Å²) in [5.41, 5.74) is 1.98. The zero-order valence-corrected chi connectivity index (χ0v) is 8.26. The fourth-order valence-electron chi connectivity index (χ4n) is 1.53. The normalized spacial score (nSPS) is 10.5. The Morgan fingerprint density at radius 2 is 2.20 bits per heavy atom. The molecule has 78 valence electrons. The van der Waals surface area contributed by atoms with E-state index in [9.17, 15) is 9.59 Å². The van der Waals surface area contributed by atoms with Crippen molar-refractivity contribution in [3.63, 3.8) is 0 Å². The molecule has 0 bridgehead atoms. The summed E-state index contributed by atoms with van der Waals surface area (Å²) in [4.78, 5) is 27.6. The number of aromatic nitrogens is 2. The molecule has 0 saturated carbocycles. The summed E-state index contributed by atoms with van der Waals surface area (Å²) >= 11 is 0. The smallest absolute Gasteiger partial charge is 0.323 e. The van der Waals surface area contributed by atoms with E-state index in [1.165, 1.54) is 0 Å².